The zero-order valence-electron chi connectivity index (χ0n) is 13.8. The van der Waals surface area contributed by atoms with Crippen LogP contribution in [0.1, 0.15) is 0 Å². The van der Waals surface area contributed by atoms with E-state index < -0.39 is 0 Å². The summed E-state index contributed by atoms with van der Waals surface area (Å²) in [6.45, 7) is 0. The van der Waals surface area contributed by atoms with Crippen molar-refractivity contribution in [2.75, 3.05) is 0 Å². The summed E-state index contributed by atoms with van der Waals surface area (Å²) in [5.41, 5.74) is 4.68. The maximum Gasteiger partial charge on any atom is 0.227 e. The fourth-order valence-electron chi connectivity index (χ4n) is 3.25. The number of benzene rings is 4. The molecule has 1 heterocycles. The highest BCUT2D eigenvalue weighted by Crippen LogP contribution is 2.33. The summed E-state index contributed by atoms with van der Waals surface area (Å²) in [6.07, 6.45) is 0. The van der Waals surface area contributed by atoms with Gasteiger partial charge in [0.1, 0.15) is 5.52 Å². The smallest absolute Gasteiger partial charge is 0.227 e. The predicted molar refractivity (Wildman–Crippen MR) is 107 cm³/mol. The Morgan fingerprint density at radius 3 is 2.31 bits per heavy atom. The van der Waals surface area contributed by atoms with E-state index in [-0.39, 0.29) is 0 Å². The van der Waals surface area contributed by atoms with Crippen molar-refractivity contribution in [1.29, 1.82) is 0 Å². The molecule has 0 spiro atoms. The lowest BCUT2D eigenvalue weighted by molar-refractivity contribution is 0.621. The number of fused-ring (bicyclic) bond motifs is 2. The number of halogens is 1. The van der Waals surface area contributed by atoms with Crippen LogP contribution in [0.15, 0.2) is 89.3 Å². The van der Waals surface area contributed by atoms with Crippen molar-refractivity contribution in [3.05, 3.63) is 90.0 Å². The van der Waals surface area contributed by atoms with Crippen LogP contribution in [0.2, 0.25) is 5.02 Å². The summed E-state index contributed by atoms with van der Waals surface area (Å²) < 4.78 is 6.17. The minimum atomic E-state index is 0.632. The van der Waals surface area contributed by atoms with Gasteiger partial charge in [0, 0.05) is 16.1 Å². The fourth-order valence-corrected chi connectivity index (χ4v) is 3.38. The van der Waals surface area contributed by atoms with Gasteiger partial charge < -0.3 is 4.42 Å². The Kier molecular flexibility index (Phi) is 3.51. The maximum absolute atomic E-state index is 6.17. The van der Waals surface area contributed by atoms with Gasteiger partial charge in [0.25, 0.3) is 0 Å². The molecular weight excluding hydrogens is 342 g/mol. The van der Waals surface area contributed by atoms with Crippen molar-refractivity contribution in [1.82, 2.24) is 4.98 Å². The molecule has 1 aromatic heterocycles. The second-order valence-corrected chi connectivity index (χ2v) is 6.68. The van der Waals surface area contributed by atoms with Crippen molar-refractivity contribution in [3.63, 3.8) is 0 Å². The fraction of sp³-hybridized carbons (Fsp3) is 0. The molecule has 4 aromatic carbocycles. The summed E-state index contributed by atoms with van der Waals surface area (Å²) in [6, 6.07) is 28.3. The number of para-hydroxylation sites is 1. The first kappa shape index (κ1) is 15.2. The van der Waals surface area contributed by atoms with Crippen molar-refractivity contribution in [2.45, 2.75) is 0 Å². The van der Waals surface area contributed by atoms with Crippen LogP contribution >= 0.6 is 11.6 Å². The minimum absolute atomic E-state index is 0.632. The molecule has 0 fully saturated rings. The first-order valence-corrected chi connectivity index (χ1v) is 8.80. The van der Waals surface area contributed by atoms with E-state index in [1.54, 1.807) is 0 Å². The van der Waals surface area contributed by atoms with E-state index in [1.807, 2.05) is 54.6 Å². The summed E-state index contributed by atoms with van der Waals surface area (Å²) >= 11 is 6.01. The number of nitrogens with zero attached hydrogens (tertiary/aromatic N) is 1. The van der Waals surface area contributed by atoms with Gasteiger partial charge in [-0.05, 0) is 46.7 Å². The van der Waals surface area contributed by atoms with Crippen LogP contribution in [0.3, 0.4) is 0 Å². The van der Waals surface area contributed by atoms with E-state index in [1.165, 1.54) is 10.8 Å². The topological polar surface area (TPSA) is 26.0 Å². The normalized spacial score (nSPS) is 11.3. The average molecular weight is 356 g/mol. The van der Waals surface area contributed by atoms with Crippen LogP contribution in [-0.4, -0.2) is 4.98 Å². The highest BCUT2D eigenvalue weighted by molar-refractivity contribution is 6.30. The van der Waals surface area contributed by atoms with Gasteiger partial charge in [-0.3, -0.25) is 0 Å². The van der Waals surface area contributed by atoms with Gasteiger partial charge in [-0.25, -0.2) is 4.98 Å². The van der Waals surface area contributed by atoms with Crippen molar-refractivity contribution < 1.29 is 4.42 Å². The standard InChI is InChI=1S/C23H14ClNO/c24-19-12-10-16(11-13-19)20-6-3-7-21-22(20)26-23(25-21)18-9-8-15-4-1-2-5-17(15)14-18/h1-14H. The van der Waals surface area contributed by atoms with Crippen molar-refractivity contribution in [2.24, 2.45) is 0 Å². The third-order valence-corrected chi connectivity index (χ3v) is 4.82. The molecule has 0 atom stereocenters. The molecule has 3 heteroatoms. The first-order chi connectivity index (χ1) is 12.8. The number of hydrogen-bond donors (Lipinski definition) is 0. The second kappa shape index (κ2) is 6.01. The van der Waals surface area contributed by atoms with E-state index in [0.29, 0.717) is 5.89 Å². The molecular formula is C23H14ClNO. The van der Waals surface area contributed by atoms with Gasteiger partial charge in [0.2, 0.25) is 5.89 Å². The quantitative estimate of drug-likeness (QED) is 0.342. The number of oxazole rings is 1. The summed E-state index contributed by atoms with van der Waals surface area (Å²) in [7, 11) is 0. The van der Waals surface area contributed by atoms with E-state index >= 15 is 0 Å². The Bertz CT molecular complexity index is 1240. The highest BCUT2D eigenvalue weighted by atomic mass is 35.5. The Balaban J connectivity index is 1.67. The van der Waals surface area contributed by atoms with Gasteiger partial charge in [-0.15, -0.1) is 0 Å². The second-order valence-electron chi connectivity index (χ2n) is 6.24. The van der Waals surface area contributed by atoms with E-state index in [9.17, 15) is 0 Å². The first-order valence-electron chi connectivity index (χ1n) is 8.43. The van der Waals surface area contributed by atoms with E-state index in [2.05, 4.69) is 30.3 Å². The Morgan fingerprint density at radius 1 is 0.692 bits per heavy atom. The molecule has 0 bridgehead atoms. The third-order valence-electron chi connectivity index (χ3n) is 4.57. The molecule has 0 aliphatic heterocycles. The molecule has 0 saturated carbocycles. The van der Waals surface area contributed by atoms with Crippen molar-refractivity contribution in [3.8, 4) is 22.6 Å². The summed E-state index contributed by atoms with van der Waals surface area (Å²) in [5, 5.41) is 3.09. The Labute approximate surface area is 155 Å². The third kappa shape index (κ3) is 2.56. The lowest BCUT2D eigenvalue weighted by Gasteiger charge is -2.02. The molecule has 124 valence electrons. The molecule has 0 amide bonds. The molecule has 0 radical (unpaired) electrons. The highest BCUT2D eigenvalue weighted by Gasteiger charge is 2.13. The van der Waals surface area contributed by atoms with Crippen molar-refractivity contribution >= 4 is 33.5 Å². The molecule has 0 saturated heterocycles. The van der Waals surface area contributed by atoms with Crippen LogP contribution in [0, 0.1) is 0 Å². The van der Waals surface area contributed by atoms with Crippen LogP contribution in [0.4, 0.5) is 0 Å². The van der Waals surface area contributed by atoms with Gasteiger partial charge >= 0.3 is 0 Å². The van der Waals surface area contributed by atoms with Crippen LogP contribution in [-0.2, 0) is 0 Å². The molecule has 5 aromatic rings. The van der Waals surface area contributed by atoms with Gasteiger partial charge in [-0.1, -0.05) is 66.2 Å². The zero-order valence-corrected chi connectivity index (χ0v) is 14.6. The SMILES string of the molecule is Clc1ccc(-c2cccc3nc(-c4ccc5ccccc5c4)oc23)cc1. The van der Waals surface area contributed by atoms with E-state index in [0.717, 1.165) is 32.8 Å². The van der Waals surface area contributed by atoms with Crippen LogP contribution in [0.5, 0.6) is 0 Å². The lowest BCUT2D eigenvalue weighted by Crippen LogP contribution is -1.78. The predicted octanol–water partition coefficient (Wildman–Crippen LogP) is 6.97. The zero-order chi connectivity index (χ0) is 17.5. The molecule has 5 rings (SSSR count). The number of hydrogen-bond acceptors (Lipinski definition) is 2. The van der Waals surface area contributed by atoms with Gasteiger partial charge in [-0.2, -0.15) is 0 Å². The van der Waals surface area contributed by atoms with Crippen LogP contribution in [0.25, 0.3) is 44.5 Å². The number of rotatable bonds is 2. The molecule has 0 aliphatic rings. The number of aromatic nitrogens is 1. The molecule has 26 heavy (non-hydrogen) atoms. The minimum Gasteiger partial charge on any atom is -0.435 e. The monoisotopic (exact) mass is 355 g/mol. The summed E-state index contributed by atoms with van der Waals surface area (Å²) in [5.74, 6) is 0.632. The largest absolute Gasteiger partial charge is 0.435 e. The maximum atomic E-state index is 6.17. The van der Waals surface area contributed by atoms with Crippen LogP contribution < -0.4 is 0 Å². The molecule has 0 unspecified atom stereocenters. The molecule has 0 aliphatic carbocycles. The lowest BCUT2D eigenvalue weighted by atomic mass is 10.1. The summed E-state index contributed by atoms with van der Waals surface area (Å²) in [4.78, 5) is 4.70. The average Bonchev–Trinajstić information content (AvgIpc) is 3.13. The Morgan fingerprint density at radius 2 is 1.46 bits per heavy atom. The van der Waals surface area contributed by atoms with Gasteiger partial charge in [0.15, 0.2) is 5.58 Å². The van der Waals surface area contributed by atoms with Gasteiger partial charge in [0.05, 0.1) is 0 Å². The Hall–Kier alpha value is -3.10. The van der Waals surface area contributed by atoms with E-state index in [4.69, 9.17) is 21.0 Å². The molecule has 2 nitrogen and oxygen atoms in total. The molecule has 0 N–H and O–H groups in total.